The monoisotopic (exact) mass is 363 g/mol. The fourth-order valence-electron chi connectivity index (χ4n) is 2.58. The molecule has 0 aliphatic carbocycles. The van der Waals surface area contributed by atoms with Crippen LogP contribution in [0.25, 0.3) is 16.7 Å². The van der Waals surface area contributed by atoms with Crippen LogP contribution in [0.3, 0.4) is 0 Å². The lowest BCUT2D eigenvalue weighted by Crippen LogP contribution is -2.11. The van der Waals surface area contributed by atoms with Gasteiger partial charge in [-0.05, 0) is 61.0 Å². The summed E-state index contributed by atoms with van der Waals surface area (Å²) in [6, 6.07) is 19.6. The average Bonchev–Trinajstić information content (AvgIpc) is 3.07. The Morgan fingerprint density at radius 2 is 1.62 bits per heavy atom. The minimum Gasteiger partial charge on any atom is -0.421 e. The van der Waals surface area contributed by atoms with Gasteiger partial charge in [-0.15, -0.1) is 15.0 Å². The molecule has 3 aromatic carbocycles. The Morgan fingerprint density at radius 1 is 0.962 bits per heavy atom. The number of benzene rings is 3. The third-order valence-corrected chi connectivity index (χ3v) is 4.15. The Bertz CT molecular complexity index is 1070. The number of hydrogen-bond acceptors (Lipinski definition) is 4. The molecule has 0 aliphatic rings. The summed E-state index contributed by atoms with van der Waals surface area (Å²) in [6.45, 7) is 1.96. The minimum atomic E-state index is -0.469. The Labute approximate surface area is 154 Å². The van der Waals surface area contributed by atoms with Crippen molar-refractivity contribution in [2.75, 3.05) is 0 Å². The van der Waals surface area contributed by atoms with E-state index in [-0.39, 0.29) is 0 Å². The van der Waals surface area contributed by atoms with Crippen molar-refractivity contribution in [1.29, 1.82) is 0 Å². The normalized spacial score (nSPS) is 10.8. The number of aromatic nitrogens is 3. The molecule has 0 bridgehead atoms. The largest absolute Gasteiger partial charge is 0.421 e. The van der Waals surface area contributed by atoms with Gasteiger partial charge in [-0.2, -0.15) is 0 Å². The molecule has 0 saturated carbocycles. The summed E-state index contributed by atoms with van der Waals surface area (Å²) in [5, 5.41) is 9.51. The number of esters is 1. The van der Waals surface area contributed by atoms with Crippen LogP contribution >= 0.6 is 11.6 Å². The average molecular weight is 364 g/mol. The highest BCUT2D eigenvalue weighted by atomic mass is 35.5. The minimum absolute atomic E-state index is 0.385. The molecule has 0 amide bonds. The predicted octanol–water partition coefficient (Wildman–Crippen LogP) is 4.60. The lowest BCUT2D eigenvalue weighted by Gasteiger charge is -2.10. The molecule has 128 valence electrons. The first-order chi connectivity index (χ1) is 12.6. The summed E-state index contributed by atoms with van der Waals surface area (Å²) < 4.78 is 5.59. The lowest BCUT2D eigenvalue weighted by molar-refractivity contribution is 0.0734. The van der Waals surface area contributed by atoms with Gasteiger partial charge in [0, 0.05) is 5.02 Å². The van der Waals surface area contributed by atoms with Gasteiger partial charge in [0.2, 0.25) is 0 Å². The number of rotatable bonds is 3. The highest BCUT2D eigenvalue weighted by Crippen LogP contribution is 2.25. The van der Waals surface area contributed by atoms with Crippen LogP contribution in [0.1, 0.15) is 15.9 Å². The quantitative estimate of drug-likeness (QED) is 0.394. The summed E-state index contributed by atoms with van der Waals surface area (Å²) in [7, 11) is 0. The molecule has 1 aromatic heterocycles. The van der Waals surface area contributed by atoms with Gasteiger partial charge in [0.1, 0.15) is 16.7 Å². The summed E-state index contributed by atoms with van der Waals surface area (Å²) >= 11 is 5.87. The number of fused-ring (bicyclic) bond motifs is 1. The van der Waals surface area contributed by atoms with E-state index in [4.69, 9.17) is 16.3 Å². The van der Waals surface area contributed by atoms with E-state index < -0.39 is 5.97 Å². The van der Waals surface area contributed by atoms with Gasteiger partial charge in [0.05, 0.1) is 5.56 Å². The Morgan fingerprint density at radius 3 is 2.27 bits per heavy atom. The van der Waals surface area contributed by atoms with E-state index in [0.29, 0.717) is 22.0 Å². The van der Waals surface area contributed by atoms with Crippen LogP contribution in [0.4, 0.5) is 0 Å². The number of aryl methyl sites for hydroxylation is 1. The topological polar surface area (TPSA) is 57.0 Å². The molecule has 0 aliphatic heterocycles. The Balaban J connectivity index is 1.72. The van der Waals surface area contributed by atoms with Crippen molar-refractivity contribution in [3.05, 3.63) is 82.9 Å². The van der Waals surface area contributed by atoms with E-state index in [1.54, 1.807) is 30.3 Å². The SMILES string of the molecule is Cc1ccc(OC(=O)c2ccc(Cl)cc2)c(-n2nc3ccccc3n2)c1. The van der Waals surface area contributed by atoms with Crippen LogP contribution in [0.2, 0.25) is 5.02 Å². The van der Waals surface area contributed by atoms with Gasteiger partial charge in [-0.1, -0.05) is 29.8 Å². The molecule has 1 heterocycles. The molecule has 4 aromatic rings. The van der Waals surface area contributed by atoms with Crippen molar-refractivity contribution in [3.63, 3.8) is 0 Å². The molecule has 0 spiro atoms. The van der Waals surface area contributed by atoms with Crippen LogP contribution < -0.4 is 4.74 Å². The van der Waals surface area contributed by atoms with Crippen LogP contribution in [-0.4, -0.2) is 21.0 Å². The van der Waals surface area contributed by atoms with E-state index in [1.165, 1.54) is 4.80 Å². The molecular weight excluding hydrogens is 350 g/mol. The number of halogens is 1. The molecule has 0 atom stereocenters. The molecular formula is C20H14ClN3O2. The zero-order valence-corrected chi connectivity index (χ0v) is 14.6. The standard InChI is InChI=1S/C20H14ClN3O2/c1-13-6-11-19(26-20(25)14-7-9-15(21)10-8-14)18(12-13)24-22-16-4-2-3-5-17(16)23-24/h2-12H,1H3. The summed E-state index contributed by atoms with van der Waals surface area (Å²) in [6.07, 6.45) is 0. The van der Waals surface area contributed by atoms with Gasteiger partial charge in [0.25, 0.3) is 0 Å². The van der Waals surface area contributed by atoms with E-state index in [0.717, 1.165) is 16.6 Å². The fourth-order valence-corrected chi connectivity index (χ4v) is 2.71. The number of carbonyl (C=O) groups is 1. The van der Waals surface area contributed by atoms with Gasteiger partial charge >= 0.3 is 5.97 Å². The van der Waals surface area contributed by atoms with Crippen LogP contribution in [-0.2, 0) is 0 Å². The first kappa shape index (κ1) is 16.3. The van der Waals surface area contributed by atoms with E-state index >= 15 is 0 Å². The highest BCUT2D eigenvalue weighted by Gasteiger charge is 2.15. The lowest BCUT2D eigenvalue weighted by atomic mass is 10.2. The van der Waals surface area contributed by atoms with Crippen LogP contribution in [0, 0.1) is 6.92 Å². The van der Waals surface area contributed by atoms with Crippen molar-refractivity contribution in [2.45, 2.75) is 6.92 Å². The highest BCUT2D eigenvalue weighted by molar-refractivity contribution is 6.30. The molecule has 0 radical (unpaired) electrons. The first-order valence-corrected chi connectivity index (χ1v) is 8.39. The zero-order chi connectivity index (χ0) is 18.1. The third kappa shape index (κ3) is 3.17. The third-order valence-electron chi connectivity index (χ3n) is 3.90. The van der Waals surface area contributed by atoms with Crippen LogP contribution in [0.5, 0.6) is 5.75 Å². The number of hydrogen-bond donors (Lipinski definition) is 0. The molecule has 26 heavy (non-hydrogen) atoms. The van der Waals surface area contributed by atoms with Gasteiger partial charge in [-0.3, -0.25) is 0 Å². The fraction of sp³-hybridized carbons (Fsp3) is 0.0500. The molecule has 0 saturated heterocycles. The number of nitrogens with zero attached hydrogens (tertiary/aromatic N) is 3. The summed E-state index contributed by atoms with van der Waals surface area (Å²) in [4.78, 5) is 13.9. The number of ether oxygens (including phenoxy) is 1. The Kier molecular flexibility index (Phi) is 4.14. The van der Waals surface area contributed by atoms with Crippen molar-refractivity contribution in [2.24, 2.45) is 0 Å². The maximum atomic E-state index is 12.5. The maximum absolute atomic E-state index is 12.5. The molecule has 0 unspecified atom stereocenters. The second-order valence-electron chi connectivity index (χ2n) is 5.85. The van der Waals surface area contributed by atoms with Crippen molar-refractivity contribution >= 4 is 28.6 Å². The van der Waals surface area contributed by atoms with Gasteiger partial charge < -0.3 is 4.74 Å². The second-order valence-corrected chi connectivity index (χ2v) is 6.28. The van der Waals surface area contributed by atoms with Crippen LogP contribution in [0.15, 0.2) is 66.7 Å². The molecule has 0 N–H and O–H groups in total. The zero-order valence-electron chi connectivity index (χ0n) is 13.9. The van der Waals surface area contributed by atoms with E-state index in [1.807, 2.05) is 43.3 Å². The van der Waals surface area contributed by atoms with Crippen molar-refractivity contribution < 1.29 is 9.53 Å². The van der Waals surface area contributed by atoms with Crippen molar-refractivity contribution in [1.82, 2.24) is 15.0 Å². The summed E-state index contributed by atoms with van der Waals surface area (Å²) in [5.74, 6) is -0.0839. The Hall–Kier alpha value is -3.18. The molecule has 4 rings (SSSR count). The molecule has 6 heteroatoms. The maximum Gasteiger partial charge on any atom is 0.343 e. The number of carbonyl (C=O) groups excluding carboxylic acids is 1. The first-order valence-electron chi connectivity index (χ1n) is 8.01. The van der Waals surface area contributed by atoms with Gasteiger partial charge in [-0.25, -0.2) is 4.79 Å². The second kappa shape index (κ2) is 6.61. The molecule has 5 nitrogen and oxygen atoms in total. The smallest absolute Gasteiger partial charge is 0.343 e. The predicted molar refractivity (Wildman–Crippen MR) is 100 cm³/mol. The van der Waals surface area contributed by atoms with Gasteiger partial charge in [0.15, 0.2) is 5.75 Å². The van der Waals surface area contributed by atoms with E-state index in [2.05, 4.69) is 10.2 Å². The summed E-state index contributed by atoms with van der Waals surface area (Å²) in [5.41, 5.74) is 3.56. The molecule has 0 fully saturated rings. The van der Waals surface area contributed by atoms with E-state index in [9.17, 15) is 4.79 Å². The van der Waals surface area contributed by atoms with Crippen molar-refractivity contribution in [3.8, 4) is 11.4 Å².